The third kappa shape index (κ3) is 4.33. The fourth-order valence-electron chi connectivity index (χ4n) is 2.62. The highest BCUT2D eigenvalue weighted by Gasteiger charge is 2.16. The van der Waals surface area contributed by atoms with Crippen molar-refractivity contribution in [2.75, 3.05) is 6.54 Å². The normalized spacial score (nSPS) is 11.5. The molecule has 1 aromatic heterocycles. The highest BCUT2D eigenvalue weighted by Crippen LogP contribution is 2.17. The van der Waals surface area contributed by atoms with E-state index in [-0.39, 0.29) is 0 Å². The summed E-state index contributed by atoms with van der Waals surface area (Å²) in [5.41, 5.74) is 3.49. The van der Waals surface area contributed by atoms with Gasteiger partial charge in [0.15, 0.2) is 5.82 Å². The van der Waals surface area contributed by atoms with E-state index in [4.69, 9.17) is 0 Å². The largest absolute Gasteiger partial charge is 0.240 e. The van der Waals surface area contributed by atoms with Crippen molar-refractivity contribution in [1.29, 1.82) is 0 Å². The molecule has 0 amide bonds. The lowest BCUT2D eigenvalue weighted by atomic mass is 10.2. The van der Waals surface area contributed by atoms with Gasteiger partial charge in [0, 0.05) is 24.5 Å². The van der Waals surface area contributed by atoms with E-state index in [1.54, 1.807) is 25.4 Å². The van der Waals surface area contributed by atoms with Crippen molar-refractivity contribution in [2.24, 2.45) is 0 Å². The van der Waals surface area contributed by atoms with Gasteiger partial charge in [0.1, 0.15) is 0 Å². The summed E-state index contributed by atoms with van der Waals surface area (Å²) in [5, 5.41) is 0. The molecule has 134 valence electrons. The Labute approximate surface area is 154 Å². The van der Waals surface area contributed by atoms with E-state index < -0.39 is 10.0 Å². The van der Waals surface area contributed by atoms with Gasteiger partial charge in [-0.25, -0.2) is 23.1 Å². The minimum atomic E-state index is -3.53. The third-order valence-electron chi connectivity index (χ3n) is 4.08. The molecule has 0 radical (unpaired) electrons. The Morgan fingerprint density at radius 3 is 2.35 bits per heavy atom. The minimum absolute atomic E-state index is 0.295. The Kier molecular flexibility index (Phi) is 5.44. The summed E-state index contributed by atoms with van der Waals surface area (Å²) < 4.78 is 27.6. The second-order valence-electron chi connectivity index (χ2n) is 6.20. The van der Waals surface area contributed by atoms with Gasteiger partial charge in [0.2, 0.25) is 10.0 Å². The zero-order valence-electron chi connectivity index (χ0n) is 14.8. The van der Waals surface area contributed by atoms with Crippen LogP contribution in [0.2, 0.25) is 0 Å². The lowest BCUT2D eigenvalue weighted by molar-refractivity contribution is 0.581. The second-order valence-corrected chi connectivity index (χ2v) is 7.93. The van der Waals surface area contributed by atoms with Gasteiger partial charge in [-0.1, -0.05) is 42.5 Å². The number of aryl methyl sites for hydroxylation is 2. The monoisotopic (exact) mass is 367 g/mol. The number of rotatable bonds is 6. The highest BCUT2D eigenvalue weighted by atomic mass is 32.2. The first-order valence-electron chi connectivity index (χ1n) is 8.39. The third-order valence-corrected chi connectivity index (χ3v) is 5.68. The number of hydrogen-bond donors (Lipinski definition) is 1. The molecule has 3 aromatic rings. The van der Waals surface area contributed by atoms with E-state index in [9.17, 15) is 8.42 Å². The molecule has 0 aliphatic carbocycles. The quantitative estimate of drug-likeness (QED) is 0.726. The van der Waals surface area contributed by atoms with E-state index in [0.717, 1.165) is 22.3 Å². The van der Waals surface area contributed by atoms with E-state index >= 15 is 0 Å². The number of benzene rings is 2. The van der Waals surface area contributed by atoms with Gasteiger partial charge in [-0.15, -0.1) is 0 Å². The molecule has 0 fully saturated rings. The number of aromatic nitrogens is 2. The van der Waals surface area contributed by atoms with E-state index in [1.807, 2.05) is 49.4 Å². The summed E-state index contributed by atoms with van der Waals surface area (Å²) >= 11 is 0. The molecule has 5 nitrogen and oxygen atoms in total. The average molecular weight is 367 g/mol. The van der Waals surface area contributed by atoms with Gasteiger partial charge in [0.05, 0.1) is 4.90 Å². The van der Waals surface area contributed by atoms with E-state index in [1.165, 1.54) is 0 Å². The standard InChI is InChI=1S/C20H21N3O2S/c1-15-8-9-16(2)19(12-15)26(24,25)23-11-10-17-13-21-20(22-14-17)18-6-4-3-5-7-18/h3-9,12-14,23H,10-11H2,1-2H3. The molecule has 26 heavy (non-hydrogen) atoms. The average Bonchev–Trinajstić information content (AvgIpc) is 2.65. The van der Waals surface area contributed by atoms with Crippen LogP contribution in [0.3, 0.4) is 0 Å². The van der Waals surface area contributed by atoms with Crippen LogP contribution in [0.5, 0.6) is 0 Å². The van der Waals surface area contributed by atoms with Gasteiger partial charge in [-0.05, 0) is 43.0 Å². The maximum atomic E-state index is 12.5. The first-order valence-corrected chi connectivity index (χ1v) is 9.87. The Morgan fingerprint density at radius 1 is 0.962 bits per heavy atom. The summed E-state index contributed by atoms with van der Waals surface area (Å²) in [6, 6.07) is 15.1. The number of hydrogen-bond acceptors (Lipinski definition) is 4. The molecule has 0 spiro atoms. The van der Waals surface area contributed by atoms with Crippen LogP contribution in [0.1, 0.15) is 16.7 Å². The van der Waals surface area contributed by atoms with E-state index in [2.05, 4.69) is 14.7 Å². The maximum absolute atomic E-state index is 12.5. The first-order chi connectivity index (χ1) is 12.5. The fourth-order valence-corrected chi connectivity index (χ4v) is 3.98. The Balaban J connectivity index is 1.63. The molecule has 0 bridgehead atoms. The molecule has 1 N–H and O–H groups in total. The minimum Gasteiger partial charge on any atom is -0.236 e. The molecule has 0 aliphatic heterocycles. The van der Waals surface area contributed by atoms with E-state index in [0.29, 0.717) is 23.7 Å². The lowest BCUT2D eigenvalue weighted by Crippen LogP contribution is -2.26. The summed E-state index contributed by atoms with van der Waals surface area (Å²) in [5.74, 6) is 0.658. The number of sulfonamides is 1. The number of nitrogens with one attached hydrogen (secondary N) is 1. The van der Waals surface area contributed by atoms with Crippen molar-refractivity contribution < 1.29 is 8.42 Å². The zero-order valence-corrected chi connectivity index (χ0v) is 15.6. The second kappa shape index (κ2) is 7.76. The Bertz CT molecular complexity index is 985. The zero-order chi connectivity index (χ0) is 18.6. The molecule has 2 aromatic carbocycles. The summed E-state index contributed by atoms with van der Waals surface area (Å²) in [6.07, 6.45) is 4.00. The van der Waals surface area contributed by atoms with Gasteiger partial charge < -0.3 is 0 Å². The van der Waals surface area contributed by atoms with Crippen molar-refractivity contribution in [3.05, 3.63) is 77.6 Å². The van der Waals surface area contributed by atoms with Crippen LogP contribution < -0.4 is 4.72 Å². The van der Waals surface area contributed by atoms with Crippen molar-refractivity contribution in [1.82, 2.24) is 14.7 Å². The molecule has 0 saturated heterocycles. The Morgan fingerprint density at radius 2 is 1.65 bits per heavy atom. The summed E-state index contributed by atoms with van der Waals surface area (Å²) in [7, 11) is -3.53. The van der Waals surface area contributed by atoms with Crippen LogP contribution in [-0.2, 0) is 16.4 Å². The predicted octanol–water partition coefficient (Wildman–Crippen LogP) is 3.28. The smallest absolute Gasteiger partial charge is 0.236 e. The maximum Gasteiger partial charge on any atom is 0.240 e. The molecule has 0 unspecified atom stereocenters. The van der Waals surface area contributed by atoms with Crippen molar-refractivity contribution in [2.45, 2.75) is 25.2 Å². The van der Waals surface area contributed by atoms with Crippen molar-refractivity contribution in [3.8, 4) is 11.4 Å². The topological polar surface area (TPSA) is 72.0 Å². The highest BCUT2D eigenvalue weighted by molar-refractivity contribution is 7.89. The van der Waals surface area contributed by atoms with Crippen molar-refractivity contribution >= 4 is 10.0 Å². The summed E-state index contributed by atoms with van der Waals surface area (Å²) in [6.45, 7) is 3.97. The SMILES string of the molecule is Cc1ccc(C)c(S(=O)(=O)NCCc2cnc(-c3ccccc3)nc2)c1. The van der Waals surface area contributed by atoms with Crippen LogP contribution in [0, 0.1) is 13.8 Å². The molecule has 0 aliphatic rings. The molecular formula is C20H21N3O2S. The van der Waals surface area contributed by atoms with Gasteiger partial charge in [-0.3, -0.25) is 0 Å². The molecule has 3 rings (SSSR count). The first kappa shape index (κ1) is 18.2. The molecular weight excluding hydrogens is 346 g/mol. The van der Waals surface area contributed by atoms with Gasteiger partial charge >= 0.3 is 0 Å². The molecule has 6 heteroatoms. The van der Waals surface area contributed by atoms with Crippen molar-refractivity contribution in [3.63, 3.8) is 0 Å². The van der Waals surface area contributed by atoms with Crippen LogP contribution in [-0.4, -0.2) is 24.9 Å². The molecule has 0 atom stereocenters. The van der Waals surface area contributed by atoms with Crippen LogP contribution in [0.4, 0.5) is 0 Å². The lowest BCUT2D eigenvalue weighted by Gasteiger charge is -2.10. The summed E-state index contributed by atoms with van der Waals surface area (Å²) in [4.78, 5) is 9.05. The fraction of sp³-hybridized carbons (Fsp3) is 0.200. The van der Waals surface area contributed by atoms with Gasteiger partial charge in [0.25, 0.3) is 0 Å². The van der Waals surface area contributed by atoms with Crippen LogP contribution in [0.15, 0.2) is 65.8 Å². The van der Waals surface area contributed by atoms with Gasteiger partial charge in [-0.2, -0.15) is 0 Å². The van der Waals surface area contributed by atoms with Crippen LogP contribution in [0.25, 0.3) is 11.4 Å². The molecule has 1 heterocycles. The number of nitrogens with zero attached hydrogens (tertiary/aromatic N) is 2. The molecule has 0 saturated carbocycles. The Hall–Kier alpha value is -2.57. The van der Waals surface area contributed by atoms with Crippen LogP contribution >= 0.6 is 0 Å². The predicted molar refractivity (Wildman–Crippen MR) is 102 cm³/mol.